The van der Waals surface area contributed by atoms with Gasteiger partial charge in [0.15, 0.2) is 12.3 Å². The number of H-pyrrole nitrogens is 1. The van der Waals surface area contributed by atoms with Gasteiger partial charge in [-0.3, -0.25) is 28.7 Å². The van der Waals surface area contributed by atoms with Gasteiger partial charge < -0.3 is 24.4 Å². The molecule has 1 aromatic rings. The lowest BCUT2D eigenvalue weighted by atomic mass is 9.83. The highest BCUT2D eigenvalue weighted by atomic mass is 16.6. The minimum atomic E-state index is -1.47. The fourth-order valence-corrected chi connectivity index (χ4v) is 4.99. The van der Waals surface area contributed by atoms with E-state index in [1.807, 2.05) is 0 Å². The van der Waals surface area contributed by atoms with Gasteiger partial charge in [-0.15, -0.1) is 0 Å². The van der Waals surface area contributed by atoms with Gasteiger partial charge in [0.1, 0.15) is 6.10 Å². The van der Waals surface area contributed by atoms with Crippen LogP contribution >= 0.6 is 0 Å². The Bertz CT molecular complexity index is 1080. The number of hydrogen-bond donors (Lipinski definition) is 3. The molecule has 1 saturated heterocycles. The van der Waals surface area contributed by atoms with Gasteiger partial charge in [0.05, 0.1) is 30.5 Å². The molecule has 2 heterocycles. The Morgan fingerprint density at radius 2 is 1.60 bits per heavy atom. The predicted octanol–water partition coefficient (Wildman–Crippen LogP) is 2.77. The number of carboxylic acid groups (broad SMARTS) is 1. The van der Waals surface area contributed by atoms with Gasteiger partial charge in [-0.1, -0.05) is 72.6 Å². The molecule has 0 aromatic carbocycles. The van der Waals surface area contributed by atoms with E-state index in [0.29, 0.717) is 12.8 Å². The van der Waals surface area contributed by atoms with E-state index in [0.717, 1.165) is 36.1 Å². The molecule has 0 aliphatic carbocycles. The van der Waals surface area contributed by atoms with Crippen LogP contribution in [0.25, 0.3) is 0 Å². The van der Waals surface area contributed by atoms with E-state index >= 15 is 0 Å². The van der Waals surface area contributed by atoms with Gasteiger partial charge in [-0.05, 0) is 12.8 Å². The fourth-order valence-electron chi connectivity index (χ4n) is 4.99. The summed E-state index contributed by atoms with van der Waals surface area (Å²) in [4.78, 5) is 63.4. The highest BCUT2D eigenvalue weighted by molar-refractivity contribution is 5.86. The maximum absolute atomic E-state index is 13.0. The molecule has 4 unspecified atom stereocenters. The summed E-state index contributed by atoms with van der Waals surface area (Å²) >= 11 is 0. The van der Waals surface area contributed by atoms with Crippen molar-refractivity contribution in [2.24, 2.45) is 17.8 Å². The van der Waals surface area contributed by atoms with Crippen LogP contribution in [0, 0.1) is 17.8 Å². The van der Waals surface area contributed by atoms with Crippen LogP contribution in [0.4, 0.5) is 0 Å². The zero-order valence-electron chi connectivity index (χ0n) is 23.9. The van der Waals surface area contributed by atoms with Crippen LogP contribution in [-0.4, -0.2) is 62.6 Å². The summed E-state index contributed by atoms with van der Waals surface area (Å²) in [6.07, 6.45) is 5.37. The maximum Gasteiger partial charge on any atom is 0.330 e. The molecule has 1 aliphatic heterocycles. The first kappa shape index (κ1) is 33.2. The lowest BCUT2D eigenvalue weighted by Crippen LogP contribution is -2.43. The van der Waals surface area contributed by atoms with Gasteiger partial charge in [-0.25, -0.2) is 4.79 Å². The van der Waals surface area contributed by atoms with E-state index in [9.17, 15) is 34.2 Å². The first-order chi connectivity index (χ1) is 19.0. The summed E-state index contributed by atoms with van der Waals surface area (Å²) in [5, 5.41) is 20.7. The number of aliphatic hydroxyl groups excluding tert-OH is 1. The molecule has 0 saturated carbocycles. The van der Waals surface area contributed by atoms with Crippen LogP contribution in [0.1, 0.15) is 91.7 Å². The zero-order valence-corrected chi connectivity index (χ0v) is 23.9. The molecule has 1 fully saturated rings. The minimum Gasteiger partial charge on any atom is -0.481 e. The quantitative estimate of drug-likeness (QED) is 0.187. The number of ether oxygens (including phenoxy) is 3. The summed E-state index contributed by atoms with van der Waals surface area (Å²) in [5.74, 6) is -6.78. The van der Waals surface area contributed by atoms with Crippen molar-refractivity contribution < 1.29 is 38.8 Å². The van der Waals surface area contributed by atoms with Crippen LogP contribution in [0.2, 0.25) is 0 Å². The van der Waals surface area contributed by atoms with Gasteiger partial charge >= 0.3 is 23.6 Å². The third-order valence-corrected chi connectivity index (χ3v) is 7.44. The number of nitrogens with zero attached hydrogens (tertiary/aromatic N) is 1. The molecular formula is C28H44N2O10. The summed E-state index contributed by atoms with van der Waals surface area (Å²) in [6.45, 7) is 6.82. The standard InChI is InChI=1S/C28H44N2O10/c1-5-7-8-9-10-11-12-13-16-38-26(35)17(3)21(25(33)34)18(4)27(36)40-23-19(6-2)39-24(22(23)32)30-15-14-20(31)29-28(30)37/h14-15,17-19,21-24,32H,5-13,16H2,1-4H3,(H,33,34)(H,29,31,37)/t17?,18?,19-,21?,22+,23?,24-/m1/s1. The van der Waals surface area contributed by atoms with Crippen molar-refractivity contribution in [3.63, 3.8) is 0 Å². The molecule has 0 amide bonds. The summed E-state index contributed by atoms with van der Waals surface area (Å²) in [6, 6.07) is 1.09. The highest BCUT2D eigenvalue weighted by Crippen LogP contribution is 2.33. The highest BCUT2D eigenvalue weighted by Gasteiger charge is 2.48. The molecule has 12 heteroatoms. The first-order valence-corrected chi connectivity index (χ1v) is 14.3. The average Bonchev–Trinajstić information content (AvgIpc) is 3.21. The van der Waals surface area contributed by atoms with Gasteiger partial charge in [-0.2, -0.15) is 0 Å². The molecule has 0 radical (unpaired) electrons. The third kappa shape index (κ3) is 9.02. The van der Waals surface area contributed by atoms with E-state index < -0.39 is 71.5 Å². The molecule has 7 atom stereocenters. The Morgan fingerprint density at radius 3 is 2.17 bits per heavy atom. The number of unbranched alkanes of at least 4 members (excludes halogenated alkanes) is 7. The number of carbonyl (C=O) groups excluding carboxylic acids is 2. The number of esters is 2. The molecule has 2 rings (SSSR count). The Hall–Kier alpha value is -2.99. The van der Waals surface area contributed by atoms with E-state index in [1.54, 1.807) is 6.92 Å². The van der Waals surface area contributed by atoms with Crippen molar-refractivity contribution in [3.05, 3.63) is 33.1 Å². The number of hydrogen-bond acceptors (Lipinski definition) is 9. The monoisotopic (exact) mass is 568 g/mol. The van der Waals surface area contributed by atoms with E-state index in [4.69, 9.17) is 14.2 Å². The van der Waals surface area contributed by atoms with E-state index in [-0.39, 0.29) is 6.61 Å². The Kier molecular flexibility index (Phi) is 13.6. The first-order valence-electron chi connectivity index (χ1n) is 14.3. The second kappa shape index (κ2) is 16.3. The number of nitrogens with one attached hydrogen (secondary N) is 1. The lowest BCUT2D eigenvalue weighted by Gasteiger charge is -2.26. The average molecular weight is 569 g/mol. The van der Waals surface area contributed by atoms with Crippen molar-refractivity contribution in [3.8, 4) is 0 Å². The van der Waals surface area contributed by atoms with Gasteiger partial charge in [0.25, 0.3) is 5.56 Å². The van der Waals surface area contributed by atoms with Crippen LogP contribution < -0.4 is 11.2 Å². The number of aromatic nitrogens is 2. The van der Waals surface area contributed by atoms with E-state index in [2.05, 4.69) is 11.9 Å². The van der Waals surface area contributed by atoms with Gasteiger partial charge in [0.2, 0.25) is 0 Å². The van der Waals surface area contributed by atoms with Crippen LogP contribution in [0.15, 0.2) is 21.9 Å². The summed E-state index contributed by atoms with van der Waals surface area (Å²) in [5.41, 5.74) is -1.43. The summed E-state index contributed by atoms with van der Waals surface area (Å²) in [7, 11) is 0. The second-order valence-corrected chi connectivity index (χ2v) is 10.5. The molecule has 226 valence electrons. The SMILES string of the molecule is CCCCCCCCCCOC(=O)C(C)C(C(=O)O)C(C)C(=O)OC1[C@@H](CC)O[C@@H](n2ccc(=O)[nH]c2=O)[C@H]1O. The van der Waals surface area contributed by atoms with Crippen molar-refractivity contribution in [2.75, 3.05) is 6.61 Å². The molecule has 1 aliphatic rings. The number of aromatic amines is 1. The molecule has 0 bridgehead atoms. The number of rotatable bonds is 17. The van der Waals surface area contributed by atoms with Crippen LogP contribution in [0.5, 0.6) is 0 Å². The minimum absolute atomic E-state index is 0.179. The zero-order chi connectivity index (χ0) is 29.8. The van der Waals surface area contributed by atoms with E-state index in [1.165, 1.54) is 39.5 Å². The fraction of sp³-hybridized carbons (Fsp3) is 0.750. The summed E-state index contributed by atoms with van der Waals surface area (Å²) < 4.78 is 17.5. The molecule has 3 N–H and O–H groups in total. The molecule has 40 heavy (non-hydrogen) atoms. The Morgan fingerprint density at radius 1 is 1.00 bits per heavy atom. The number of aliphatic carboxylic acids is 1. The molecular weight excluding hydrogens is 524 g/mol. The number of carboxylic acids is 1. The number of aliphatic hydroxyl groups is 1. The Labute approximate surface area is 234 Å². The topological polar surface area (TPSA) is 174 Å². The van der Waals surface area contributed by atoms with Crippen molar-refractivity contribution >= 4 is 17.9 Å². The smallest absolute Gasteiger partial charge is 0.330 e. The lowest BCUT2D eigenvalue weighted by molar-refractivity contribution is -0.170. The molecule has 0 spiro atoms. The maximum atomic E-state index is 13.0. The van der Waals surface area contributed by atoms with Gasteiger partial charge in [0, 0.05) is 12.3 Å². The second-order valence-electron chi connectivity index (χ2n) is 10.5. The molecule has 12 nitrogen and oxygen atoms in total. The largest absolute Gasteiger partial charge is 0.481 e. The van der Waals surface area contributed by atoms with Crippen molar-refractivity contribution in [1.29, 1.82) is 0 Å². The molecule has 1 aromatic heterocycles. The van der Waals surface area contributed by atoms with Crippen molar-refractivity contribution in [1.82, 2.24) is 9.55 Å². The number of carbonyl (C=O) groups is 3. The normalized spacial score (nSPS) is 22.8. The van der Waals surface area contributed by atoms with Crippen LogP contribution in [0.3, 0.4) is 0 Å². The van der Waals surface area contributed by atoms with Crippen LogP contribution in [-0.2, 0) is 28.6 Å². The Balaban J connectivity index is 1.96. The predicted molar refractivity (Wildman–Crippen MR) is 144 cm³/mol. The third-order valence-electron chi connectivity index (χ3n) is 7.44. The van der Waals surface area contributed by atoms with Crippen molar-refractivity contribution in [2.45, 2.75) is 110 Å².